The first-order valence-electron chi connectivity index (χ1n) is 7.72. The van der Waals surface area contributed by atoms with Crippen LogP contribution in [-0.2, 0) is 6.42 Å². The molecule has 2 aromatic carbocycles. The molecule has 4 rings (SSSR count). The van der Waals surface area contributed by atoms with Gasteiger partial charge < -0.3 is 15.7 Å². The first-order valence-corrected chi connectivity index (χ1v) is 7.72. The van der Waals surface area contributed by atoms with E-state index >= 15 is 0 Å². The lowest BCUT2D eigenvalue weighted by Crippen LogP contribution is -2.14. The Morgan fingerprint density at radius 2 is 1.70 bits per heavy atom. The van der Waals surface area contributed by atoms with E-state index in [1.807, 2.05) is 54.9 Å². The van der Waals surface area contributed by atoms with Crippen molar-refractivity contribution in [3.05, 3.63) is 78.4 Å². The summed E-state index contributed by atoms with van der Waals surface area (Å²) in [5.41, 5.74) is 10.7. The summed E-state index contributed by atoms with van der Waals surface area (Å²) < 4.78 is 0. The van der Waals surface area contributed by atoms with Crippen LogP contribution in [-0.4, -0.2) is 15.0 Å². The van der Waals surface area contributed by atoms with E-state index in [1.54, 1.807) is 0 Å². The molecule has 1 atom stereocenters. The summed E-state index contributed by atoms with van der Waals surface area (Å²) in [5.74, 6) is 0.814. The minimum Gasteiger partial charge on any atom is -0.361 e. The van der Waals surface area contributed by atoms with E-state index in [9.17, 15) is 0 Å². The molecule has 23 heavy (non-hydrogen) atoms. The second-order valence-corrected chi connectivity index (χ2v) is 5.71. The Morgan fingerprint density at radius 1 is 0.913 bits per heavy atom. The van der Waals surface area contributed by atoms with E-state index in [0.717, 1.165) is 29.0 Å². The number of rotatable bonds is 4. The Labute approximate surface area is 134 Å². The van der Waals surface area contributed by atoms with Crippen molar-refractivity contribution in [2.75, 3.05) is 0 Å². The van der Waals surface area contributed by atoms with Crippen LogP contribution in [0, 0.1) is 0 Å². The van der Waals surface area contributed by atoms with Crippen LogP contribution in [0.2, 0.25) is 0 Å². The maximum Gasteiger partial charge on any atom is 0.124 e. The van der Waals surface area contributed by atoms with Gasteiger partial charge >= 0.3 is 0 Å². The third-order valence-electron chi connectivity index (χ3n) is 4.13. The van der Waals surface area contributed by atoms with Gasteiger partial charge in [0.05, 0.1) is 11.7 Å². The topological polar surface area (TPSA) is 70.5 Å². The molecule has 4 nitrogen and oxygen atoms in total. The smallest absolute Gasteiger partial charge is 0.124 e. The van der Waals surface area contributed by atoms with Gasteiger partial charge in [0.2, 0.25) is 0 Å². The number of hydrogen-bond donors (Lipinski definition) is 3. The van der Waals surface area contributed by atoms with Crippen LogP contribution in [0.15, 0.2) is 67.0 Å². The molecule has 0 bridgehead atoms. The highest BCUT2D eigenvalue weighted by atomic mass is 15.0. The van der Waals surface area contributed by atoms with Crippen molar-refractivity contribution in [1.29, 1.82) is 0 Å². The van der Waals surface area contributed by atoms with Crippen molar-refractivity contribution in [1.82, 2.24) is 15.0 Å². The second kappa shape index (κ2) is 5.74. The Hall–Kier alpha value is -2.85. The standard InChI is InChI=1S/C19H18N4/c20-16(10-14-11-21-17-9-5-4-8-15(14)17)19-22-12-18(23-19)13-6-2-1-3-7-13/h1-9,11-12,16,21H,10,20H2,(H,22,23)/t16-/m0/s1. The molecule has 114 valence electrons. The maximum atomic E-state index is 6.36. The molecular weight excluding hydrogens is 284 g/mol. The predicted octanol–water partition coefficient (Wildman–Crippen LogP) is 3.80. The minimum absolute atomic E-state index is 0.160. The Balaban J connectivity index is 1.58. The average molecular weight is 302 g/mol. The monoisotopic (exact) mass is 302 g/mol. The number of nitrogens with two attached hydrogens (primary N) is 1. The van der Waals surface area contributed by atoms with Gasteiger partial charge in [-0.2, -0.15) is 0 Å². The fraction of sp³-hybridized carbons (Fsp3) is 0.105. The molecule has 2 aromatic heterocycles. The van der Waals surface area contributed by atoms with Gasteiger partial charge in [0.15, 0.2) is 0 Å². The van der Waals surface area contributed by atoms with Crippen LogP contribution in [0.1, 0.15) is 17.4 Å². The van der Waals surface area contributed by atoms with Crippen molar-refractivity contribution < 1.29 is 0 Å². The lowest BCUT2D eigenvalue weighted by Gasteiger charge is -2.07. The van der Waals surface area contributed by atoms with Gasteiger partial charge in [-0.3, -0.25) is 0 Å². The molecule has 0 unspecified atom stereocenters. The van der Waals surface area contributed by atoms with E-state index in [2.05, 4.69) is 27.1 Å². The van der Waals surface area contributed by atoms with Crippen molar-refractivity contribution in [2.45, 2.75) is 12.5 Å². The summed E-state index contributed by atoms with van der Waals surface area (Å²) in [4.78, 5) is 11.2. The van der Waals surface area contributed by atoms with E-state index in [-0.39, 0.29) is 6.04 Å². The van der Waals surface area contributed by atoms with Crippen molar-refractivity contribution in [3.8, 4) is 11.3 Å². The van der Waals surface area contributed by atoms with Gasteiger partial charge in [-0.1, -0.05) is 48.5 Å². The van der Waals surface area contributed by atoms with Gasteiger partial charge in [-0.15, -0.1) is 0 Å². The first-order chi connectivity index (χ1) is 11.3. The van der Waals surface area contributed by atoms with Crippen LogP contribution in [0.3, 0.4) is 0 Å². The van der Waals surface area contributed by atoms with Crippen LogP contribution >= 0.6 is 0 Å². The quantitative estimate of drug-likeness (QED) is 0.536. The molecule has 4 heteroatoms. The summed E-state index contributed by atoms with van der Waals surface area (Å²) in [5, 5.41) is 1.22. The van der Waals surface area contributed by atoms with Crippen LogP contribution in [0.4, 0.5) is 0 Å². The molecule has 2 heterocycles. The summed E-state index contributed by atoms with van der Waals surface area (Å²) in [6.07, 6.45) is 4.69. The Morgan fingerprint density at radius 3 is 2.57 bits per heavy atom. The van der Waals surface area contributed by atoms with Gasteiger partial charge in [0.1, 0.15) is 5.82 Å². The zero-order valence-electron chi connectivity index (χ0n) is 12.7. The Kier molecular flexibility index (Phi) is 3.44. The number of imidazole rings is 1. The zero-order chi connectivity index (χ0) is 15.6. The largest absolute Gasteiger partial charge is 0.361 e. The molecule has 0 radical (unpaired) electrons. The van der Waals surface area contributed by atoms with Gasteiger partial charge in [-0.25, -0.2) is 4.98 Å². The zero-order valence-corrected chi connectivity index (χ0v) is 12.7. The normalized spacial score (nSPS) is 12.6. The molecule has 0 aliphatic heterocycles. The number of nitrogens with zero attached hydrogens (tertiary/aromatic N) is 1. The number of hydrogen-bond acceptors (Lipinski definition) is 2. The van der Waals surface area contributed by atoms with Crippen molar-refractivity contribution >= 4 is 10.9 Å². The number of fused-ring (bicyclic) bond motifs is 1. The summed E-state index contributed by atoms with van der Waals surface area (Å²) in [6.45, 7) is 0. The fourth-order valence-corrected chi connectivity index (χ4v) is 2.92. The number of para-hydroxylation sites is 1. The molecule has 0 aliphatic rings. The number of H-pyrrole nitrogens is 2. The SMILES string of the molecule is N[C@@H](Cc1c[nH]c2ccccc12)c1nc(-c2ccccc2)c[nH]1. The van der Waals surface area contributed by atoms with Gasteiger partial charge in [-0.05, 0) is 18.1 Å². The molecular formula is C19H18N4. The summed E-state index contributed by atoms with van der Waals surface area (Å²) in [6, 6.07) is 18.2. The lowest BCUT2D eigenvalue weighted by atomic mass is 10.1. The van der Waals surface area contributed by atoms with Gasteiger partial charge in [0.25, 0.3) is 0 Å². The van der Waals surface area contributed by atoms with E-state index in [1.165, 1.54) is 10.9 Å². The van der Waals surface area contributed by atoms with Gasteiger partial charge in [0, 0.05) is 28.9 Å². The van der Waals surface area contributed by atoms with Crippen LogP contribution < -0.4 is 5.73 Å². The highest BCUT2D eigenvalue weighted by Gasteiger charge is 2.14. The average Bonchev–Trinajstić information content (AvgIpc) is 3.24. The number of aromatic nitrogens is 3. The molecule has 4 N–H and O–H groups in total. The van der Waals surface area contributed by atoms with Crippen LogP contribution in [0.5, 0.6) is 0 Å². The number of nitrogens with one attached hydrogen (secondary N) is 2. The third-order valence-corrected chi connectivity index (χ3v) is 4.13. The maximum absolute atomic E-state index is 6.36. The number of aromatic amines is 2. The third kappa shape index (κ3) is 2.64. The highest BCUT2D eigenvalue weighted by Crippen LogP contribution is 2.23. The molecule has 4 aromatic rings. The summed E-state index contributed by atoms with van der Waals surface area (Å²) in [7, 11) is 0. The lowest BCUT2D eigenvalue weighted by molar-refractivity contribution is 0.680. The predicted molar refractivity (Wildman–Crippen MR) is 93.0 cm³/mol. The molecule has 0 saturated heterocycles. The molecule has 0 fully saturated rings. The first kappa shape index (κ1) is 13.8. The molecule has 0 amide bonds. The van der Waals surface area contributed by atoms with E-state index in [4.69, 9.17) is 5.73 Å². The second-order valence-electron chi connectivity index (χ2n) is 5.71. The van der Waals surface area contributed by atoms with Crippen LogP contribution in [0.25, 0.3) is 22.2 Å². The minimum atomic E-state index is -0.160. The summed E-state index contributed by atoms with van der Waals surface area (Å²) >= 11 is 0. The van der Waals surface area contributed by atoms with Crippen molar-refractivity contribution in [3.63, 3.8) is 0 Å². The van der Waals surface area contributed by atoms with Crippen molar-refractivity contribution in [2.24, 2.45) is 5.73 Å². The molecule has 0 spiro atoms. The van der Waals surface area contributed by atoms with E-state index < -0.39 is 0 Å². The highest BCUT2D eigenvalue weighted by molar-refractivity contribution is 5.83. The number of benzene rings is 2. The molecule has 0 saturated carbocycles. The molecule has 0 aliphatic carbocycles. The van der Waals surface area contributed by atoms with E-state index in [0.29, 0.717) is 0 Å². The Bertz CT molecular complexity index is 921. The fourth-order valence-electron chi connectivity index (χ4n) is 2.92.